The highest BCUT2D eigenvalue weighted by atomic mass is 16.5. The Bertz CT molecular complexity index is 656. The zero-order chi connectivity index (χ0) is 19.2. The third kappa shape index (κ3) is 5.08. The monoisotopic (exact) mass is 373 g/mol. The molecule has 0 aliphatic carbocycles. The summed E-state index contributed by atoms with van der Waals surface area (Å²) in [5.74, 6) is 0.133. The highest BCUT2D eigenvalue weighted by molar-refractivity contribution is 5.88. The first kappa shape index (κ1) is 19.8. The van der Waals surface area contributed by atoms with Crippen LogP contribution in [0.25, 0.3) is 0 Å². The minimum absolute atomic E-state index is 0.0542. The Kier molecular flexibility index (Phi) is 6.85. The summed E-state index contributed by atoms with van der Waals surface area (Å²) in [4.78, 5) is 29.1. The molecule has 1 aromatic rings. The molecule has 1 atom stereocenters. The molecule has 2 aliphatic heterocycles. The molecule has 27 heavy (non-hydrogen) atoms. The minimum Gasteiger partial charge on any atom is -0.379 e. The molecule has 0 saturated carbocycles. The van der Waals surface area contributed by atoms with Crippen molar-refractivity contribution in [1.82, 2.24) is 15.1 Å². The van der Waals surface area contributed by atoms with Crippen LogP contribution in [0.15, 0.2) is 24.3 Å². The van der Waals surface area contributed by atoms with Crippen molar-refractivity contribution in [1.29, 1.82) is 0 Å². The molecule has 6 nitrogen and oxygen atoms in total. The smallest absolute Gasteiger partial charge is 0.243 e. The molecular formula is C21H31N3O3. The molecule has 2 heterocycles. The quantitative estimate of drug-likeness (QED) is 0.791. The van der Waals surface area contributed by atoms with Crippen molar-refractivity contribution in [2.75, 3.05) is 32.8 Å². The molecule has 0 radical (unpaired) electrons. The van der Waals surface area contributed by atoms with Gasteiger partial charge in [0.25, 0.3) is 0 Å². The van der Waals surface area contributed by atoms with Gasteiger partial charge in [-0.15, -0.1) is 0 Å². The normalized spacial score (nSPS) is 19.5. The fraction of sp³-hybridized carbons (Fsp3) is 0.619. The Hall–Kier alpha value is -1.92. The number of morpholine rings is 1. The highest BCUT2D eigenvalue weighted by Gasteiger charge is 2.34. The maximum Gasteiger partial charge on any atom is 0.243 e. The summed E-state index contributed by atoms with van der Waals surface area (Å²) >= 11 is 0. The second-order valence-electron chi connectivity index (χ2n) is 7.75. The lowest BCUT2D eigenvalue weighted by Gasteiger charge is -2.30. The number of hydrogen-bond donors (Lipinski definition) is 1. The van der Waals surface area contributed by atoms with Crippen molar-refractivity contribution in [2.24, 2.45) is 5.92 Å². The molecule has 2 fully saturated rings. The topological polar surface area (TPSA) is 61.9 Å². The van der Waals surface area contributed by atoms with Crippen LogP contribution in [-0.2, 0) is 27.4 Å². The predicted molar refractivity (Wildman–Crippen MR) is 104 cm³/mol. The van der Waals surface area contributed by atoms with E-state index in [1.807, 2.05) is 26.0 Å². The molecule has 3 rings (SSSR count). The number of likely N-dealkylation sites (tertiary alicyclic amines) is 1. The molecule has 148 valence electrons. The summed E-state index contributed by atoms with van der Waals surface area (Å²) in [6.45, 7) is 9.48. The molecule has 0 bridgehead atoms. The summed E-state index contributed by atoms with van der Waals surface area (Å²) < 4.78 is 5.42. The van der Waals surface area contributed by atoms with Gasteiger partial charge in [-0.3, -0.25) is 14.5 Å². The van der Waals surface area contributed by atoms with Crippen LogP contribution < -0.4 is 5.32 Å². The number of hydrogen-bond acceptors (Lipinski definition) is 4. The molecule has 0 spiro atoms. The van der Waals surface area contributed by atoms with Crippen LogP contribution >= 0.6 is 0 Å². The number of nitrogens with zero attached hydrogens (tertiary/aromatic N) is 2. The van der Waals surface area contributed by atoms with E-state index in [-0.39, 0.29) is 23.8 Å². The van der Waals surface area contributed by atoms with E-state index in [0.29, 0.717) is 19.5 Å². The van der Waals surface area contributed by atoms with Crippen LogP contribution in [0.3, 0.4) is 0 Å². The van der Waals surface area contributed by atoms with Gasteiger partial charge in [0.05, 0.1) is 13.2 Å². The Morgan fingerprint density at radius 2 is 1.85 bits per heavy atom. The third-order valence-electron chi connectivity index (χ3n) is 5.42. The largest absolute Gasteiger partial charge is 0.379 e. The molecule has 1 N–H and O–H groups in total. The number of carbonyl (C=O) groups excluding carboxylic acids is 2. The number of benzene rings is 1. The van der Waals surface area contributed by atoms with E-state index < -0.39 is 0 Å². The van der Waals surface area contributed by atoms with Gasteiger partial charge in [-0.25, -0.2) is 0 Å². The van der Waals surface area contributed by atoms with Crippen molar-refractivity contribution >= 4 is 11.8 Å². The van der Waals surface area contributed by atoms with Gasteiger partial charge in [-0.05, 0) is 23.5 Å². The average molecular weight is 373 g/mol. The van der Waals surface area contributed by atoms with Crippen LogP contribution in [-0.4, -0.2) is 60.5 Å². The molecule has 2 aliphatic rings. The van der Waals surface area contributed by atoms with Gasteiger partial charge >= 0.3 is 0 Å². The fourth-order valence-electron chi connectivity index (χ4n) is 3.94. The van der Waals surface area contributed by atoms with E-state index in [1.165, 1.54) is 5.56 Å². The summed E-state index contributed by atoms with van der Waals surface area (Å²) in [5, 5.41) is 3.08. The van der Waals surface area contributed by atoms with E-state index >= 15 is 0 Å². The number of rotatable bonds is 7. The van der Waals surface area contributed by atoms with Crippen LogP contribution in [0.5, 0.6) is 0 Å². The summed E-state index contributed by atoms with van der Waals surface area (Å²) in [6.07, 6.45) is 1.40. The Balaban J connectivity index is 1.63. The van der Waals surface area contributed by atoms with Gasteiger partial charge in [0.2, 0.25) is 11.8 Å². The first-order valence-corrected chi connectivity index (χ1v) is 10.0. The number of carbonyl (C=O) groups is 2. The lowest BCUT2D eigenvalue weighted by Crippen LogP contribution is -2.50. The zero-order valence-corrected chi connectivity index (χ0v) is 16.4. The van der Waals surface area contributed by atoms with Crippen molar-refractivity contribution in [3.05, 3.63) is 35.4 Å². The van der Waals surface area contributed by atoms with Gasteiger partial charge in [0.1, 0.15) is 6.04 Å². The number of ether oxygens (including phenoxy) is 1. The van der Waals surface area contributed by atoms with Gasteiger partial charge in [-0.2, -0.15) is 0 Å². The summed E-state index contributed by atoms with van der Waals surface area (Å²) in [7, 11) is 0. The van der Waals surface area contributed by atoms with Crippen LogP contribution in [0, 0.1) is 5.92 Å². The van der Waals surface area contributed by atoms with Gasteiger partial charge in [0.15, 0.2) is 0 Å². The fourth-order valence-corrected chi connectivity index (χ4v) is 3.94. The van der Waals surface area contributed by atoms with Crippen LogP contribution in [0.2, 0.25) is 0 Å². The summed E-state index contributed by atoms with van der Waals surface area (Å²) in [5.41, 5.74) is 2.37. The molecular weight excluding hydrogens is 342 g/mol. The first-order valence-electron chi connectivity index (χ1n) is 10.0. The van der Waals surface area contributed by atoms with E-state index in [4.69, 9.17) is 4.74 Å². The average Bonchev–Trinajstić information content (AvgIpc) is 3.07. The van der Waals surface area contributed by atoms with E-state index in [2.05, 4.69) is 22.3 Å². The van der Waals surface area contributed by atoms with Crippen LogP contribution in [0.4, 0.5) is 0 Å². The Morgan fingerprint density at radius 3 is 2.48 bits per heavy atom. The lowest BCUT2D eigenvalue weighted by atomic mass is 10.0. The maximum absolute atomic E-state index is 12.9. The van der Waals surface area contributed by atoms with Crippen molar-refractivity contribution < 1.29 is 14.3 Å². The first-order chi connectivity index (χ1) is 13.1. The highest BCUT2D eigenvalue weighted by Crippen LogP contribution is 2.20. The van der Waals surface area contributed by atoms with E-state index in [1.54, 1.807) is 4.90 Å². The van der Waals surface area contributed by atoms with Crippen molar-refractivity contribution in [2.45, 2.75) is 45.8 Å². The second kappa shape index (κ2) is 9.33. The predicted octanol–water partition coefficient (Wildman–Crippen LogP) is 1.78. The molecule has 6 heteroatoms. The minimum atomic E-state index is -0.383. The second-order valence-corrected chi connectivity index (χ2v) is 7.75. The van der Waals surface area contributed by atoms with Gasteiger partial charge < -0.3 is 15.0 Å². The number of amides is 2. The van der Waals surface area contributed by atoms with Crippen molar-refractivity contribution in [3.8, 4) is 0 Å². The molecule has 2 saturated heterocycles. The maximum atomic E-state index is 12.9. The molecule has 0 unspecified atom stereocenters. The van der Waals surface area contributed by atoms with Crippen LogP contribution in [0.1, 0.15) is 37.8 Å². The van der Waals surface area contributed by atoms with E-state index in [0.717, 1.165) is 44.8 Å². The Morgan fingerprint density at radius 1 is 1.15 bits per heavy atom. The third-order valence-corrected chi connectivity index (χ3v) is 5.42. The van der Waals surface area contributed by atoms with E-state index in [9.17, 15) is 9.59 Å². The van der Waals surface area contributed by atoms with Gasteiger partial charge in [-0.1, -0.05) is 38.1 Å². The SMILES string of the molecule is CC(C)[C@H](C(=O)NCc1ccccc1CN1CCOCC1)N1CCCC1=O. The molecule has 1 aromatic carbocycles. The summed E-state index contributed by atoms with van der Waals surface area (Å²) in [6, 6.07) is 7.86. The standard InChI is InChI=1S/C21H31N3O3/c1-16(2)20(24-9-5-8-19(24)25)21(26)22-14-17-6-3-4-7-18(17)15-23-10-12-27-13-11-23/h3-4,6-7,16,20H,5,8-15H2,1-2H3,(H,22,26)/t20-/m1/s1. The Labute approximate surface area is 161 Å². The molecule has 0 aromatic heterocycles. The lowest BCUT2D eigenvalue weighted by molar-refractivity contribution is -0.139. The molecule has 2 amide bonds. The van der Waals surface area contributed by atoms with Gasteiger partial charge in [0, 0.05) is 39.1 Å². The number of nitrogens with one attached hydrogen (secondary N) is 1. The zero-order valence-electron chi connectivity index (χ0n) is 16.4. The van der Waals surface area contributed by atoms with Crippen molar-refractivity contribution in [3.63, 3.8) is 0 Å².